The first kappa shape index (κ1) is 34.8. The second-order valence-electron chi connectivity index (χ2n) is 15.3. The molecule has 0 saturated carbocycles. The van der Waals surface area contributed by atoms with E-state index in [4.69, 9.17) is 23.7 Å². The van der Waals surface area contributed by atoms with Crippen LogP contribution in [0, 0.1) is 6.92 Å². The second kappa shape index (κ2) is 12.2. The quantitative estimate of drug-likeness (QED) is 0.198. The van der Waals surface area contributed by atoms with Crippen LogP contribution in [-0.2, 0) is 40.6 Å². The predicted octanol–water partition coefficient (Wildman–Crippen LogP) is 3.00. The number of benzene rings is 2. The van der Waals surface area contributed by atoms with Gasteiger partial charge in [0.1, 0.15) is 18.6 Å². The van der Waals surface area contributed by atoms with Gasteiger partial charge in [-0.2, -0.15) is 0 Å². The molecule has 2 unspecified atom stereocenters. The van der Waals surface area contributed by atoms with E-state index in [9.17, 15) is 24.3 Å². The van der Waals surface area contributed by atoms with E-state index in [2.05, 4.69) is 10.3 Å². The average molecular weight is 769 g/mol. The molecule has 2 saturated heterocycles. The summed E-state index contributed by atoms with van der Waals surface area (Å²) in [5.74, 6) is -0.372. The first-order valence-corrected chi connectivity index (χ1v) is 19.6. The Bertz CT molecular complexity index is 2350. The predicted molar refractivity (Wildman–Crippen MR) is 198 cm³/mol. The molecule has 1 aromatic heterocycles. The summed E-state index contributed by atoms with van der Waals surface area (Å²) in [7, 11) is 3.26. The van der Waals surface area contributed by atoms with E-state index < -0.39 is 53.1 Å². The maximum absolute atomic E-state index is 14.8. The molecule has 8 heterocycles. The number of carbonyl (C=O) groups is 4. The Balaban J connectivity index is 1.23. The van der Waals surface area contributed by atoms with Crippen molar-refractivity contribution in [1.29, 1.82) is 0 Å². The number of aromatic nitrogens is 1. The highest BCUT2D eigenvalue weighted by Gasteiger charge is 2.63. The number of methoxy groups -OCH3 is 1. The number of aliphatic hydroxyl groups excluding tert-OH is 1. The van der Waals surface area contributed by atoms with Crippen LogP contribution in [0.5, 0.6) is 17.2 Å². The lowest BCUT2D eigenvalue weighted by molar-refractivity contribution is -0.181. The summed E-state index contributed by atoms with van der Waals surface area (Å²) in [4.78, 5) is 63.7. The molecule has 0 radical (unpaired) electrons. The third-order valence-electron chi connectivity index (χ3n) is 12.8. The van der Waals surface area contributed by atoms with Crippen LogP contribution in [0.15, 0.2) is 46.7 Å². The SMILES string of the molecule is COC1=C(C)C(=O)C2=C(C1=O)C1[C@@H]3[C@@H]4SC[C@]5(NCCc6c5[nH]c5ccccc65)C(=O)OC[C@@H](c5c6c(c(C)c(OC(C)=O)c54)OCO6)N3[C@@H](O)C(C2)N1C. The van der Waals surface area contributed by atoms with Gasteiger partial charge in [0.05, 0.1) is 36.2 Å². The Kier molecular flexibility index (Phi) is 7.69. The standard InChI is InChI=1S/C40H40N4O10S/c1-16-30(46)21-12-23-38(48)44-24-13-51-39(49)40(37-20(10-11-41-40)19-8-6-7-9-22(19)42-37)14-55-36(29(44)28(43(23)4)25(21)31(47)33(16)50-5)27-26(24)35-34(52-15-53-35)17(2)32(27)54-18(3)45/h6-9,23-24,28-29,36,38,41-42,48H,10-15H2,1-5H3/t23?,24-,28?,29+,36+,38-,40+/m0/s1. The number of H-pyrrole nitrogens is 1. The number of allylic oxidation sites excluding steroid dienone is 2. The molecule has 15 heteroatoms. The molecule has 2 fully saturated rings. The molecule has 7 atom stereocenters. The van der Waals surface area contributed by atoms with Gasteiger partial charge in [0.15, 0.2) is 28.6 Å². The van der Waals surface area contributed by atoms with Crippen LogP contribution in [0.3, 0.4) is 0 Å². The number of para-hydroxylation sites is 1. The summed E-state index contributed by atoms with van der Waals surface area (Å²) in [6, 6.07) is 5.12. The van der Waals surface area contributed by atoms with Gasteiger partial charge in [0.25, 0.3) is 0 Å². The van der Waals surface area contributed by atoms with Crippen molar-refractivity contribution in [2.45, 2.75) is 74.8 Å². The second-order valence-corrected chi connectivity index (χ2v) is 16.5. The molecule has 7 aliphatic heterocycles. The van der Waals surface area contributed by atoms with Crippen LogP contribution in [-0.4, -0.2) is 108 Å². The molecule has 14 nitrogen and oxygen atoms in total. The highest BCUT2D eigenvalue weighted by Crippen LogP contribution is 2.62. The summed E-state index contributed by atoms with van der Waals surface area (Å²) in [6.45, 7) is 4.97. The highest BCUT2D eigenvalue weighted by atomic mass is 32.2. The van der Waals surface area contributed by atoms with Crippen molar-refractivity contribution in [3.05, 3.63) is 74.7 Å². The molecule has 1 aliphatic carbocycles. The number of carbonyl (C=O) groups excluding carboxylic acids is 4. The zero-order valence-corrected chi connectivity index (χ0v) is 31.8. The Labute approximate surface area is 320 Å². The van der Waals surface area contributed by atoms with E-state index >= 15 is 0 Å². The van der Waals surface area contributed by atoms with Crippen molar-refractivity contribution in [2.24, 2.45) is 0 Å². The normalized spacial score (nSPS) is 31.3. The minimum Gasteiger partial charge on any atom is -0.492 e. The van der Waals surface area contributed by atoms with E-state index in [1.54, 1.807) is 6.92 Å². The fourth-order valence-electron chi connectivity index (χ4n) is 10.4. The van der Waals surface area contributed by atoms with Crippen LogP contribution in [0.2, 0.25) is 0 Å². The summed E-state index contributed by atoms with van der Waals surface area (Å²) >= 11 is 1.45. The zero-order valence-electron chi connectivity index (χ0n) is 30.9. The van der Waals surface area contributed by atoms with Crippen molar-refractivity contribution in [2.75, 3.05) is 39.9 Å². The molecular weight excluding hydrogens is 729 g/mol. The number of aromatic amines is 1. The monoisotopic (exact) mass is 768 g/mol. The Morgan fingerprint density at radius 2 is 1.85 bits per heavy atom. The number of Topliss-reactive ketones (excluding diaryl/α,β-unsaturated/α-hetero) is 2. The number of nitrogens with zero attached hydrogens (tertiary/aromatic N) is 2. The van der Waals surface area contributed by atoms with E-state index in [1.165, 1.54) is 25.8 Å². The van der Waals surface area contributed by atoms with Gasteiger partial charge >= 0.3 is 11.9 Å². The van der Waals surface area contributed by atoms with Crippen LogP contribution < -0.4 is 19.5 Å². The topological polar surface area (TPSA) is 169 Å². The van der Waals surface area contributed by atoms with Crippen molar-refractivity contribution < 1.29 is 48.0 Å². The van der Waals surface area contributed by atoms with E-state index in [0.29, 0.717) is 58.1 Å². The van der Waals surface area contributed by atoms with Crippen LogP contribution >= 0.6 is 11.8 Å². The number of ketones is 2. The third-order valence-corrected chi connectivity index (χ3v) is 14.2. The average Bonchev–Trinajstić information content (AvgIpc) is 3.82. The maximum atomic E-state index is 14.8. The van der Waals surface area contributed by atoms with Gasteiger partial charge in [-0.25, -0.2) is 4.79 Å². The lowest BCUT2D eigenvalue weighted by Gasteiger charge is -2.62. The largest absolute Gasteiger partial charge is 0.492 e. The Morgan fingerprint density at radius 1 is 1.07 bits per heavy atom. The number of ether oxygens (including phenoxy) is 5. The number of piperazine rings is 1. The number of fused-ring (bicyclic) bond motifs is 10. The van der Waals surface area contributed by atoms with Gasteiger partial charge in [0, 0.05) is 69.6 Å². The van der Waals surface area contributed by atoms with Gasteiger partial charge in [-0.1, -0.05) is 18.2 Å². The maximum Gasteiger partial charge on any atom is 0.333 e. The molecule has 1 spiro atoms. The van der Waals surface area contributed by atoms with E-state index in [0.717, 1.165) is 22.2 Å². The van der Waals surface area contributed by atoms with Gasteiger partial charge in [-0.05, 0) is 45.4 Å². The molecule has 3 aromatic rings. The number of thioether (sulfide) groups is 1. The Hall–Kier alpha value is -4.67. The highest BCUT2D eigenvalue weighted by molar-refractivity contribution is 7.99. The smallest absolute Gasteiger partial charge is 0.333 e. The van der Waals surface area contributed by atoms with Crippen LogP contribution in [0.25, 0.3) is 10.9 Å². The van der Waals surface area contributed by atoms with E-state index in [-0.39, 0.29) is 48.5 Å². The fraction of sp³-hybridized carbons (Fsp3) is 0.450. The zero-order chi connectivity index (χ0) is 38.2. The fourth-order valence-corrected chi connectivity index (χ4v) is 12.1. The minimum absolute atomic E-state index is 0.00297. The van der Waals surface area contributed by atoms with Gasteiger partial charge < -0.3 is 33.8 Å². The molecule has 0 amide bonds. The van der Waals surface area contributed by atoms with Gasteiger partial charge in [-0.15, -0.1) is 11.8 Å². The number of rotatable bonds is 2. The van der Waals surface area contributed by atoms with E-state index in [1.807, 2.05) is 48.0 Å². The molecule has 55 heavy (non-hydrogen) atoms. The van der Waals surface area contributed by atoms with Crippen molar-refractivity contribution in [1.82, 2.24) is 20.1 Å². The molecule has 8 aliphatic rings. The molecule has 4 bridgehead atoms. The summed E-state index contributed by atoms with van der Waals surface area (Å²) in [6.07, 6.45) is -0.343. The number of hydrogen-bond donors (Lipinski definition) is 3. The number of hydrogen-bond acceptors (Lipinski definition) is 14. The summed E-state index contributed by atoms with van der Waals surface area (Å²) in [5.41, 5.74) is 4.09. The van der Waals surface area contributed by atoms with Gasteiger partial charge in [0.2, 0.25) is 12.6 Å². The lowest BCUT2D eigenvalue weighted by Crippen LogP contribution is -2.73. The number of likely N-dealkylation sites (N-methyl/N-ethyl adjacent to an activating group) is 1. The van der Waals surface area contributed by atoms with Crippen LogP contribution in [0.4, 0.5) is 0 Å². The number of esters is 2. The third kappa shape index (κ3) is 4.52. The van der Waals surface area contributed by atoms with Crippen LogP contribution in [0.1, 0.15) is 59.5 Å². The molecule has 2 aromatic carbocycles. The molecular formula is C40H40N4O10S. The van der Waals surface area contributed by atoms with Crippen molar-refractivity contribution in [3.63, 3.8) is 0 Å². The molecule has 11 rings (SSSR count). The summed E-state index contributed by atoms with van der Waals surface area (Å²) in [5, 5.41) is 16.5. The summed E-state index contributed by atoms with van der Waals surface area (Å²) < 4.78 is 30.3. The number of nitrogens with one attached hydrogen (secondary N) is 2. The van der Waals surface area contributed by atoms with Crippen molar-refractivity contribution in [3.8, 4) is 17.2 Å². The lowest BCUT2D eigenvalue weighted by atomic mass is 9.70. The minimum atomic E-state index is -1.30. The number of aliphatic hydroxyl groups is 1. The van der Waals surface area contributed by atoms with Gasteiger partial charge in [-0.3, -0.25) is 29.5 Å². The first-order valence-electron chi connectivity index (χ1n) is 18.5. The van der Waals surface area contributed by atoms with Crippen molar-refractivity contribution >= 4 is 46.2 Å². The Morgan fingerprint density at radius 3 is 2.64 bits per heavy atom. The molecule has 286 valence electrons. The molecule has 3 N–H and O–H groups in total. The first-order chi connectivity index (χ1) is 26.5.